The molecule has 0 radical (unpaired) electrons. The second kappa shape index (κ2) is 9.01. The van der Waals surface area contributed by atoms with Crippen LogP contribution in [0.5, 0.6) is 0 Å². The molecule has 0 fully saturated rings. The van der Waals surface area contributed by atoms with Crippen LogP contribution < -0.4 is 5.56 Å². The van der Waals surface area contributed by atoms with Gasteiger partial charge in [-0.1, -0.05) is 42.5 Å². The summed E-state index contributed by atoms with van der Waals surface area (Å²) in [5.41, 5.74) is 3.23. The number of nitrogens with zero attached hydrogens (tertiary/aromatic N) is 3. The van der Waals surface area contributed by atoms with Crippen molar-refractivity contribution in [2.45, 2.75) is 12.3 Å². The molecule has 0 aliphatic heterocycles. The largest absolute Gasteiger partial charge is 0.275 e. The summed E-state index contributed by atoms with van der Waals surface area (Å²) in [5.74, 6) is -0.450. The summed E-state index contributed by atoms with van der Waals surface area (Å²) in [6.07, 6.45) is 3.24. The molecule has 0 saturated heterocycles. The first-order chi connectivity index (χ1) is 15.0. The Kier molecular flexibility index (Phi) is 5.99. The van der Waals surface area contributed by atoms with Crippen molar-refractivity contribution in [3.8, 4) is 22.3 Å². The molecular weight excluding hydrogens is 417 g/mol. The Morgan fingerprint density at radius 2 is 1.61 bits per heavy atom. The van der Waals surface area contributed by atoms with Crippen LogP contribution in [0.3, 0.4) is 0 Å². The SMILES string of the molecule is O=c1c(-c2ccc(F)cc2)c(-c2ccc(C[SH](=O)=O)cc2)cnn1Cc1ccccn1. The van der Waals surface area contributed by atoms with Crippen LogP contribution in [0.1, 0.15) is 11.3 Å². The number of hydrogen-bond donors (Lipinski definition) is 1. The van der Waals surface area contributed by atoms with E-state index in [-0.39, 0.29) is 17.9 Å². The van der Waals surface area contributed by atoms with Gasteiger partial charge in [-0.3, -0.25) is 9.78 Å². The maximum absolute atomic E-state index is 13.5. The summed E-state index contributed by atoms with van der Waals surface area (Å²) in [7, 11) is -2.53. The first-order valence-electron chi connectivity index (χ1n) is 9.48. The van der Waals surface area contributed by atoms with E-state index in [2.05, 4.69) is 10.1 Å². The molecule has 2 heterocycles. The Morgan fingerprint density at radius 3 is 2.26 bits per heavy atom. The fourth-order valence-electron chi connectivity index (χ4n) is 3.30. The lowest BCUT2D eigenvalue weighted by atomic mass is 9.96. The number of rotatable bonds is 6. The van der Waals surface area contributed by atoms with Crippen molar-refractivity contribution in [1.82, 2.24) is 14.8 Å². The zero-order valence-electron chi connectivity index (χ0n) is 16.3. The first kappa shape index (κ1) is 20.6. The van der Waals surface area contributed by atoms with Crippen LogP contribution in [0.25, 0.3) is 22.3 Å². The van der Waals surface area contributed by atoms with Gasteiger partial charge in [0.25, 0.3) is 5.56 Å². The lowest BCUT2D eigenvalue weighted by Crippen LogP contribution is -2.25. The highest BCUT2D eigenvalue weighted by molar-refractivity contribution is 7.71. The van der Waals surface area contributed by atoms with E-state index in [1.54, 1.807) is 60.9 Å². The second-order valence-corrected chi connectivity index (χ2v) is 7.89. The Hall–Kier alpha value is -3.65. The zero-order valence-corrected chi connectivity index (χ0v) is 17.2. The van der Waals surface area contributed by atoms with Gasteiger partial charge in [-0.2, -0.15) is 5.10 Å². The molecule has 0 amide bonds. The molecule has 4 aromatic rings. The van der Waals surface area contributed by atoms with E-state index in [4.69, 9.17) is 0 Å². The molecule has 0 unspecified atom stereocenters. The number of hydrogen-bond acceptors (Lipinski definition) is 5. The van der Waals surface area contributed by atoms with Gasteiger partial charge in [0.05, 0.1) is 29.8 Å². The molecule has 156 valence electrons. The molecule has 2 aromatic heterocycles. The maximum Gasteiger partial charge on any atom is 0.275 e. The third-order valence-electron chi connectivity index (χ3n) is 4.79. The smallest absolute Gasteiger partial charge is 0.267 e. The Bertz CT molecular complexity index is 1330. The minimum atomic E-state index is -2.53. The third-order valence-corrected chi connectivity index (χ3v) is 5.41. The van der Waals surface area contributed by atoms with Crippen molar-refractivity contribution in [2.24, 2.45) is 0 Å². The van der Waals surface area contributed by atoms with E-state index < -0.39 is 16.5 Å². The fraction of sp³-hybridized carbons (Fsp3) is 0.0870. The molecule has 31 heavy (non-hydrogen) atoms. The summed E-state index contributed by atoms with van der Waals surface area (Å²) >= 11 is 0. The zero-order chi connectivity index (χ0) is 21.8. The van der Waals surface area contributed by atoms with Crippen LogP contribution in [0, 0.1) is 5.82 Å². The molecule has 4 rings (SSSR count). The summed E-state index contributed by atoms with van der Waals surface area (Å²) in [4.78, 5) is 17.6. The molecule has 2 aromatic carbocycles. The predicted octanol–water partition coefficient (Wildman–Crippen LogP) is 3.27. The number of halogens is 1. The lowest BCUT2D eigenvalue weighted by molar-refractivity contribution is 0.614. The van der Waals surface area contributed by atoms with Crippen molar-refractivity contribution in [2.75, 3.05) is 0 Å². The van der Waals surface area contributed by atoms with Gasteiger partial charge in [-0.15, -0.1) is 0 Å². The van der Waals surface area contributed by atoms with Gasteiger partial charge in [0.15, 0.2) is 0 Å². The third kappa shape index (κ3) is 4.75. The van der Waals surface area contributed by atoms with E-state index in [0.29, 0.717) is 33.5 Å². The summed E-state index contributed by atoms with van der Waals surface area (Å²) in [5, 5.41) is 4.32. The number of thiol groups is 1. The molecular formula is C23H18FN3O3S. The molecule has 0 spiro atoms. The monoisotopic (exact) mass is 435 g/mol. The van der Waals surface area contributed by atoms with E-state index in [0.717, 1.165) is 0 Å². The van der Waals surface area contributed by atoms with Crippen LogP contribution in [0.2, 0.25) is 0 Å². The van der Waals surface area contributed by atoms with Crippen molar-refractivity contribution in [1.29, 1.82) is 0 Å². The van der Waals surface area contributed by atoms with Crippen molar-refractivity contribution < 1.29 is 12.8 Å². The fourth-order valence-corrected chi connectivity index (χ4v) is 3.81. The van der Waals surface area contributed by atoms with Crippen LogP contribution >= 0.6 is 0 Å². The van der Waals surface area contributed by atoms with E-state index in [1.165, 1.54) is 16.8 Å². The highest BCUT2D eigenvalue weighted by atomic mass is 32.2. The minimum absolute atomic E-state index is 0.0512. The molecule has 8 heteroatoms. The van der Waals surface area contributed by atoms with Crippen molar-refractivity contribution in [3.05, 3.63) is 107 Å². The van der Waals surface area contributed by atoms with Crippen LogP contribution in [0.4, 0.5) is 4.39 Å². The van der Waals surface area contributed by atoms with Gasteiger partial charge >= 0.3 is 0 Å². The normalized spacial score (nSPS) is 11.0. The molecule has 0 aliphatic rings. The van der Waals surface area contributed by atoms with Crippen molar-refractivity contribution >= 4 is 10.7 Å². The average molecular weight is 435 g/mol. The Balaban J connectivity index is 1.83. The number of pyridine rings is 1. The number of aromatic nitrogens is 3. The topological polar surface area (TPSA) is 81.9 Å². The molecule has 0 bridgehead atoms. The summed E-state index contributed by atoms with van der Waals surface area (Å²) in [6.45, 7) is 0.198. The van der Waals surface area contributed by atoms with Crippen LogP contribution in [-0.4, -0.2) is 23.2 Å². The van der Waals surface area contributed by atoms with Gasteiger partial charge in [0.2, 0.25) is 0 Å². The molecule has 0 saturated carbocycles. The summed E-state index contributed by atoms with van der Waals surface area (Å²) < 4.78 is 36.7. The van der Waals surface area contributed by atoms with Gasteiger partial charge in [0, 0.05) is 11.8 Å². The number of benzene rings is 2. The van der Waals surface area contributed by atoms with E-state index in [1.807, 2.05) is 6.07 Å². The molecule has 0 N–H and O–H groups in total. The highest BCUT2D eigenvalue weighted by Crippen LogP contribution is 2.29. The lowest BCUT2D eigenvalue weighted by Gasteiger charge is -2.13. The van der Waals surface area contributed by atoms with Gasteiger partial charge < -0.3 is 0 Å². The van der Waals surface area contributed by atoms with E-state index in [9.17, 15) is 17.6 Å². The van der Waals surface area contributed by atoms with Gasteiger partial charge in [-0.05, 0) is 41.0 Å². The molecule has 0 atom stereocenters. The van der Waals surface area contributed by atoms with Crippen LogP contribution in [-0.2, 0) is 23.0 Å². The predicted molar refractivity (Wildman–Crippen MR) is 117 cm³/mol. The first-order valence-corrected chi connectivity index (χ1v) is 10.8. The van der Waals surface area contributed by atoms with E-state index >= 15 is 0 Å². The Labute approximate surface area is 179 Å². The van der Waals surface area contributed by atoms with Crippen molar-refractivity contribution in [3.63, 3.8) is 0 Å². The average Bonchev–Trinajstić information content (AvgIpc) is 2.77. The quantitative estimate of drug-likeness (QED) is 0.470. The molecule has 0 aliphatic carbocycles. The second-order valence-electron chi connectivity index (χ2n) is 6.91. The summed E-state index contributed by atoms with van der Waals surface area (Å²) in [6, 6.07) is 18.0. The van der Waals surface area contributed by atoms with Gasteiger partial charge in [0.1, 0.15) is 16.5 Å². The van der Waals surface area contributed by atoms with Crippen LogP contribution in [0.15, 0.2) is 83.9 Å². The van der Waals surface area contributed by atoms with Gasteiger partial charge in [-0.25, -0.2) is 17.5 Å². The standard InChI is InChI=1S/C23H18FN3O3S/c24-19-10-8-18(9-11-19)22-21(17-6-4-16(5-7-17)15-31(29)30)13-26-27(23(22)28)14-20-3-1-2-12-25-20/h1-13,31H,14-15H2. The Morgan fingerprint density at radius 1 is 0.903 bits per heavy atom. The maximum atomic E-state index is 13.5. The molecule has 6 nitrogen and oxygen atoms in total. The highest BCUT2D eigenvalue weighted by Gasteiger charge is 2.16. The minimum Gasteiger partial charge on any atom is -0.267 e.